The zero-order chi connectivity index (χ0) is 21.8. The van der Waals surface area contributed by atoms with Gasteiger partial charge < -0.3 is 14.8 Å². The number of ether oxygens (including phenoxy) is 2. The molecule has 0 spiro atoms. The molecule has 1 unspecified atom stereocenters. The number of nitrogens with zero attached hydrogens (tertiary/aromatic N) is 2. The highest BCUT2D eigenvalue weighted by Gasteiger charge is 2.33. The van der Waals surface area contributed by atoms with E-state index in [1.165, 1.54) is 62.0 Å². The lowest BCUT2D eigenvalue weighted by atomic mass is 10.2. The van der Waals surface area contributed by atoms with Crippen LogP contribution in [0.1, 0.15) is 35.1 Å². The molecule has 1 aliphatic rings. The highest BCUT2D eigenvalue weighted by Crippen LogP contribution is 2.41. The topological polar surface area (TPSA) is 97.3 Å². The third-order valence-corrected chi connectivity index (χ3v) is 5.12. The molecule has 3 rings (SSSR count). The smallest absolute Gasteiger partial charge is 0.346 e. The van der Waals surface area contributed by atoms with E-state index in [2.05, 4.69) is 10.4 Å². The van der Waals surface area contributed by atoms with Crippen molar-refractivity contribution in [3.63, 3.8) is 0 Å². The Morgan fingerprint density at radius 3 is 2.50 bits per heavy atom. The molecule has 8 nitrogen and oxygen atoms in total. The molecule has 0 saturated carbocycles. The van der Waals surface area contributed by atoms with Crippen LogP contribution in [0.25, 0.3) is 0 Å². The number of carbonyl (C=O) groups is 3. The fraction of sp³-hybridized carbons (Fsp3) is 0.200. The number of hydrazone groups is 1. The van der Waals surface area contributed by atoms with Gasteiger partial charge in [-0.05, 0) is 29.8 Å². The molecule has 0 fully saturated rings. The normalized spacial score (nSPS) is 15.4. The van der Waals surface area contributed by atoms with Crippen LogP contribution in [0.15, 0.2) is 47.6 Å². The minimum Gasteiger partial charge on any atom is -0.493 e. The summed E-state index contributed by atoms with van der Waals surface area (Å²) in [4.78, 5) is 35.6. The predicted molar refractivity (Wildman–Crippen MR) is 108 cm³/mol. The van der Waals surface area contributed by atoms with E-state index in [0.29, 0.717) is 5.56 Å². The van der Waals surface area contributed by atoms with Gasteiger partial charge in [0.25, 0.3) is 0 Å². The third kappa shape index (κ3) is 4.60. The molecule has 0 bridgehead atoms. The molecule has 0 aromatic heterocycles. The lowest BCUT2D eigenvalue weighted by Gasteiger charge is -2.20. The number of amidine groups is 1. The molecule has 1 atom stereocenters. The Morgan fingerprint density at radius 2 is 1.87 bits per heavy atom. The van der Waals surface area contributed by atoms with Crippen molar-refractivity contribution in [1.29, 1.82) is 0 Å². The Labute approximate surface area is 176 Å². The maximum Gasteiger partial charge on any atom is 0.346 e. The summed E-state index contributed by atoms with van der Waals surface area (Å²) in [6, 6.07) is 10.2. The van der Waals surface area contributed by atoms with Gasteiger partial charge in [0, 0.05) is 13.8 Å². The fourth-order valence-corrected chi connectivity index (χ4v) is 3.81. The first-order valence-electron chi connectivity index (χ1n) is 8.77. The zero-order valence-electron chi connectivity index (χ0n) is 16.3. The van der Waals surface area contributed by atoms with Crippen molar-refractivity contribution in [1.82, 2.24) is 10.3 Å². The standard InChI is InChI=1S/C20H18FN3O5S/c1-11(25)22-20-23-24(12(2)26)18(30-20)13-8-9-16(17(10-13)28-3)29-19(27)14-6-4-5-7-15(14)21/h4-10,18H,1-3H3,(H,22,23,25). The van der Waals surface area contributed by atoms with Crippen LogP contribution in [0.2, 0.25) is 0 Å². The third-order valence-electron chi connectivity index (χ3n) is 4.02. The van der Waals surface area contributed by atoms with Gasteiger partial charge >= 0.3 is 5.97 Å². The van der Waals surface area contributed by atoms with Crippen molar-refractivity contribution in [2.45, 2.75) is 19.2 Å². The van der Waals surface area contributed by atoms with Crippen LogP contribution in [0.3, 0.4) is 0 Å². The van der Waals surface area contributed by atoms with Gasteiger partial charge in [0.1, 0.15) is 11.2 Å². The van der Waals surface area contributed by atoms with Gasteiger partial charge in [0.15, 0.2) is 16.7 Å². The van der Waals surface area contributed by atoms with Gasteiger partial charge in [-0.2, -0.15) is 0 Å². The molecule has 30 heavy (non-hydrogen) atoms. The molecule has 1 heterocycles. The highest BCUT2D eigenvalue weighted by molar-refractivity contribution is 8.14. The van der Waals surface area contributed by atoms with Crippen LogP contribution in [-0.2, 0) is 9.59 Å². The van der Waals surface area contributed by atoms with Crippen LogP contribution in [0.4, 0.5) is 4.39 Å². The number of halogens is 1. The summed E-state index contributed by atoms with van der Waals surface area (Å²) >= 11 is 1.18. The van der Waals surface area contributed by atoms with E-state index in [4.69, 9.17) is 9.47 Å². The number of benzene rings is 2. The van der Waals surface area contributed by atoms with Gasteiger partial charge in [0.2, 0.25) is 11.8 Å². The van der Waals surface area contributed by atoms with Crippen LogP contribution < -0.4 is 14.8 Å². The van der Waals surface area contributed by atoms with Gasteiger partial charge in [-0.1, -0.05) is 30.0 Å². The molecule has 0 saturated heterocycles. The van der Waals surface area contributed by atoms with E-state index in [0.717, 1.165) is 6.07 Å². The van der Waals surface area contributed by atoms with E-state index >= 15 is 0 Å². The molecular weight excluding hydrogens is 413 g/mol. The second-order valence-corrected chi connectivity index (χ2v) is 7.27. The van der Waals surface area contributed by atoms with E-state index in [1.807, 2.05) is 0 Å². The first-order valence-corrected chi connectivity index (χ1v) is 9.65. The summed E-state index contributed by atoms with van der Waals surface area (Å²) in [5.41, 5.74) is 0.424. The lowest BCUT2D eigenvalue weighted by molar-refractivity contribution is -0.129. The van der Waals surface area contributed by atoms with Crippen LogP contribution >= 0.6 is 11.8 Å². The van der Waals surface area contributed by atoms with E-state index in [9.17, 15) is 18.8 Å². The van der Waals surface area contributed by atoms with Crippen molar-refractivity contribution in [2.75, 3.05) is 7.11 Å². The predicted octanol–water partition coefficient (Wildman–Crippen LogP) is 3.05. The minimum absolute atomic E-state index is 0.0925. The molecule has 0 radical (unpaired) electrons. The average Bonchev–Trinajstić information content (AvgIpc) is 3.12. The molecule has 0 aliphatic carbocycles. The van der Waals surface area contributed by atoms with Crippen molar-refractivity contribution < 1.29 is 28.2 Å². The number of nitrogens with one attached hydrogen (secondary N) is 1. The van der Waals surface area contributed by atoms with Crippen molar-refractivity contribution in [3.05, 3.63) is 59.4 Å². The molecule has 2 amide bonds. The summed E-state index contributed by atoms with van der Waals surface area (Å²) in [6.45, 7) is 2.70. The summed E-state index contributed by atoms with van der Waals surface area (Å²) in [5.74, 6) is -1.87. The molecule has 2 aromatic carbocycles. The van der Waals surface area contributed by atoms with Crippen molar-refractivity contribution in [3.8, 4) is 11.5 Å². The number of hydrogen-bond acceptors (Lipinski definition) is 7. The number of amides is 2. The van der Waals surface area contributed by atoms with E-state index < -0.39 is 17.2 Å². The number of carbonyl (C=O) groups excluding carboxylic acids is 3. The Morgan fingerprint density at radius 1 is 1.13 bits per heavy atom. The zero-order valence-corrected chi connectivity index (χ0v) is 17.2. The first kappa shape index (κ1) is 21.3. The number of thioether (sulfide) groups is 1. The second-order valence-electron chi connectivity index (χ2n) is 6.20. The molecule has 2 aromatic rings. The minimum atomic E-state index is -0.865. The molecular formula is C20H18FN3O5S. The Hall–Kier alpha value is -3.40. The summed E-state index contributed by atoms with van der Waals surface area (Å²) in [6.07, 6.45) is 0. The van der Waals surface area contributed by atoms with Crippen LogP contribution in [0, 0.1) is 5.82 Å². The van der Waals surface area contributed by atoms with E-state index in [1.54, 1.807) is 12.1 Å². The quantitative estimate of drug-likeness (QED) is 0.590. The number of rotatable bonds is 4. The number of esters is 1. The van der Waals surface area contributed by atoms with Gasteiger partial charge in [-0.25, -0.2) is 14.2 Å². The Balaban J connectivity index is 1.85. The summed E-state index contributed by atoms with van der Waals surface area (Å²) in [5, 5.41) is 7.66. The maximum absolute atomic E-state index is 13.8. The molecule has 156 valence electrons. The highest BCUT2D eigenvalue weighted by atomic mass is 32.2. The number of hydrogen-bond donors (Lipinski definition) is 1. The van der Waals surface area contributed by atoms with Crippen molar-refractivity contribution >= 4 is 34.7 Å². The fourth-order valence-electron chi connectivity index (χ4n) is 2.68. The van der Waals surface area contributed by atoms with Crippen LogP contribution in [-0.4, -0.2) is 35.1 Å². The second kappa shape index (κ2) is 8.95. The molecule has 1 N–H and O–H groups in total. The average molecular weight is 431 g/mol. The monoisotopic (exact) mass is 431 g/mol. The lowest BCUT2D eigenvalue weighted by Crippen LogP contribution is -2.25. The van der Waals surface area contributed by atoms with Gasteiger partial charge in [-0.15, -0.1) is 5.10 Å². The summed E-state index contributed by atoms with van der Waals surface area (Å²) < 4.78 is 24.4. The van der Waals surface area contributed by atoms with Crippen molar-refractivity contribution in [2.24, 2.45) is 5.10 Å². The Kier molecular flexibility index (Phi) is 6.36. The van der Waals surface area contributed by atoms with Crippen LogP contribution in [0.5, 0.6) is 11.5 Å². The van der Waals surface area contributed by atoms with Gasteiger partial charge in [0.05, 0.1) is 12.7 Å². The Bertz CT molecular complexity index is 1040. The maximum atomic E-state index is 13.8. The number of methoxy groups -OCH3 is 1. The summed E-state index contributed by atoms with van der Waals surface area (Å²) in [7, 11) is 1.39. The molecule has 1 aliphatic heterocycles. The SMILES string of the molecule is COc1cc(C2SC(NC(C)=O)=NN2C(C)=O)ccc1OC(=O)c1ccccc1F. The first-order chi connectivity index (χ1) is 14.3. The van der Waals surface area contributed by atoms with Gasteiger partial charge in [-0.3, -0.25) is 9.59 Å². The largest absolute Gasteiger partial charge is 0.493 e. The molecule has 10 heteroatoms. The van der Waals surface area contributed by atoms with E-state index in [-0.39, 0.29) is 34.0 Å².